The molecule has 0 aliphatic rings. The minimum absolute atomic E-state index is 0.0555. The van der Waals surface area contributed by atoms with E-state index >= 15 is 0 Å². The van der Waals surface area contributed by atoms with Gasteiger partial charge >= 0.3 is 0 Å². The highest BCUT2D eigenvalue weighted by atomic mass is 32.2. The van der Waals surface area contributed by atoms with E-state index in [1.165, 1.54) is 11.8 Å². The van der Waals surface area contributed by atoms with Crippen molar-refractivity contribution >= 4 is 16.8 Å². The minimum Gasteiger partial charge on any atom is -0.410 e. The van der Waals surface area contributed by atoms with Gasteiger partial charge in [-0.25, -0.2) is 0 Å². The predicted molar refractivity (Wildman–Crippen MR) is 83.5 cm³/mol. The monoisotopic (exact) mass is 287 g/mol. The first-order chi connectivity index (χ1) is 9.86. The van der Waals surface area contributed by atoms with Crippen LogP contribution in [0.3, 0.4) is 0 Å². The van der Waals surface area contributed by atoms with Crippen LogP contribution in [0.4, 0.5) is 0 Å². The topological polar surface area (TPSA) is 52.8 Å². The van der Waals surface area contributed by atoms with Crippen molar-refractivity contribution in [2.45, 2.75) is 5.92 Å². The van der Waals surface area contributed by atoms with Crippen molar-refractivity contribution in [3.05, 3.63) is 71.8 Å². The number of benzene rings is 2. The number of oxime groups is 1. The molecule has 0 unspecified atom stereocenters. The molecule has 4 heteroatoms. The molecule has 2 aromatic carbocycles. The average molecular weight is 287 g/mol. The highest BCUT2D eigenvalue weighted by molar-refractivity contribution is 8.14. The summed E-state index contributed by atoms with van der Waals surface area (Å²) in [4.78, 5) is 0. The van der Waals surface area contributed by atoms with Crippen molar-refractivity contribution < 1.29 is 10.3 Å². The molecule has 0 aromatic heterocycles. The van der Waals surface area contributed by atoms with E-state index in [4.69, 9.17) is 5.11 Å². The van der Waals surface area contributed by atoms with Crippen LogP contribution in [0.15, 0.2) is 65.8 Å². The van der Waals surface area contributed by atoms with Crippen LogP contribution in [0.1, 0.15) is 17.0 Å². The van der Waals surface area contributed by atoms with Crippen molar-refractivity contribution in [2.24, 2.45) is 5.16 Å². The van der Waals surface area contributed by atoms with E-state index in [2.05, 4.69) is 5.16 Å². The van der Waals surface area contributed by atoms with Gasteiger partial charge in [-0.1, -0.05) is 65.8 Å². The van der Waals surface area contributed by atoms with Crippen molar-refractivity contribution in [3.8, 4) is 0 Å². The first-order valence-electron chi connectivity index (χ1n) is 6.42. The Hall–Kier alpha value is -1.78. The second-order valence-corrected chi connectivity index (χ2v) is 5.38. The van der Waals surface area contributed by atoms with E-state index in [0.717, 1.165) is 11.1 Å². The number of rotatable bonds is 5. The predicted octanol–water partition coefficient (Wildman–Crippen LogP) is 3.33. The van der Waals surface area contributed by atoms with Gasteiger partial charge in [0.1, 0.15) is 5.04 Å². The largest absolute Gasteiger partial charge is 0.410 e. The highest BCUT2D eigenvalue weighted by Crippen LogP contribution is 2.30. The van der Waals surface area contributed by atoms with Gasteiger partial charge in [-0.15, -0.1) is 11.8 Å². The van der Waals surface area contributed by atoms with E-state index in [1.807, 2.05) is 60.7 Å². The molecule has 20 heavy (non-hydrogen) atoms. The van der Waals surface area contributed by atoms with Crippen molar-refractivity contribution in [1.82, 2.24) is 0 Å². The fourth-order valence-electron chi connectivity index (χ4n) is 2.09. The van der Waals surface area contributed by atoms with Gasteiger partial charge in [-0.3, -0.25) is 0 Å². The Morgan fingerprint density at radius 2 is 1.45 bits per heavy atom. The average Bonchev–Trinajstić information content (AvgIpc) is 2.53. The number of aliphatic hydroxyl groups excluding tert-OH is 1. The Labute approximate surface area is 123 Å². The maximum absolute atomic E-state index is 9.33. The van der Waals surface area contributed by atoms with Crippen LogP contribution in [-0.4, -0.2) is 27.7 Å². The minimum atomic E-state index is -0.112. The summed E-state index contributed by atoms with van der Waals surface area (Å²) < 4.78 is 0. The second kappa shape index (κ2) is 7.72. The molecule has 0 spiro atoms. The molecule has 0 atom stereocenters. The lowest BCUT2D eigenvalue weighted by Gasteiger charge is -2.18. The molecule has 0 bridgehead atoms. The lowest BCUT2D eigenvalue weighted by molar-refractivity contribution is 0.318. The lowest BCUT2D eigenvalue weighted by atomic mass is 9.92. The third-order valence-corrected chi connectivity index (χ3v) is 3.95. The van der Waals surface area contributed by atoms with E-state index in [9.17, 15) is 5.21 Å². The van der Waals surface area contributed by atoms with Crippen LogP contribution in [-0.2, 0) is 0 Å². The summed E-state index contributed by atoms with van der Waals surface area (Å²) in [5.41, 5.74) is 2.13. The summed E-state index contributed by atoms with van der Waals surface area (Å²) in [6, 6.07) is 19.9. The molecule has 0 heterocycles. The molecular weight excluding hydrogens is 270 g/mol. The van der Waals surface area contributed by atoms with Gasteiger partial charge in [0.15, 0.2) is 0 Å². The molecular formula is C16H17NO2S. The molecule has 0 aliphatic carbocycles. The summed E-state index contributed by atoms with van der Waals surface area (Å²) in [5.74, 6) is 0.397. The highest BCUT2D eigenvalue weighted by Gasteiger charge is 2.21. The van der Waals surface area contributed by atoms with Crippen LogP contribution in [0.25, 0.3) is 0 Å². The summed E-state index contributed by atoms with van der Waals surface area (Å²) in [6.07, 6.45) is 0. The lowest BCUT2D eigenvalue weighted by Crippen LogP contribution is -2.12. The van der Waals surface area contributed by atoms with Gasteiger partial charge in [0.2, 0.25) is 0 Å². The van der Waals surface area contributed by atoms with Crippen LogP contribution >= 0.6 is 11.8 Å². The van der Waals surface area contributed by atoms with Crippen LogP contribution < -0.4 is 0 Å². The van der Waals surface area contributed by atoms with Gasteiger partial charge in [0, 0.05) is 5.75 Å². The zero-order chi connectivity index (χ0) is 14.2. The molecule has 0 fully saturated rings. The van der Waals surface area contributed by atoms with Gasteiger partial charge < -0.3 is 10.3 Å². The Morgan fingerprint density at radius 3 is 1.85 bits per heavy atom. The number of thioether (sulfide) groups is 1. The zero-order valence-electron chi connectivity index (χ0n) is 11.0. The molecule has 0 saturated carbocycles. The number of hydrogen-bond acceptors (Lipinski definition) is 4. The van der Waals surface area contributed by atoms with Gasteiger partial charge in [0.25, 0.3) is 0 Å². The second-order valence-electron chi connectivity index (χ2n) is 4.26. The Morgan fingerprint density at radius 1 is 0.950 bits per heavy atom. The van der Waals surface area contributed by atoms with E-state index in [1.54, 1.807) is 0 Å². The molecule has 2 N–H and O–H groups in total. The number of aliphatic hydroxyl groups is 1. The summed E-state index contributed by atoms with van der Waals surface area (Å²) in [5, 5.41) is 22.3. The maximum Gasteiger partial charge on any atom is 0.124 e. The van der Waals surface area contributed by atoms with Crippen LogP contribution in [0.2, 0.25) is 0 Å². The third-order valence-electron chi connectivity index (χ3n) is 2.95. The first kappa shape index (κ1) is 14.6. The van der Waals surface area contributed by atoms with Crippen molar-refractivity contribution in [1.29, 1.82) is 0 Å². The fourth-order valence-corrected chi connectivity index (χ4v) is 2.89. The third kappa shape index (κ3) is 3.62. The quantitative estimate of drug-likeness (QED) is 0.384. The Balaban J connectivity index is 2.39. The summed E-state index contributed by atoms with van der Waals surface area (Å²) >= 11 is 1.37. The summed E-state index contributed by atoms with van der Waals surface area (Å²) in [7, 11) is 0. The van der Waals surface area contributed by atoms with Gasteiger partial charge in [-0.2, -0.15) is 0 Å². The van der Waals surface area contributed by atoms with Gasteiger partial charge in [0.05, 0.1) is 12.5 Å². The van der Waals surface area contributed by atoms with Crippen LogP contribution in [0.5, 0.6) is 0 Å². The maximum atomic E-state index is 9.33. The first-order valence-corrected chi connectivity index (χ1v) is 7.41. The summed E-state index contributed by atoms with van der Waals surface area (Å²) in [6.45, 7) is 0.0555. The molecule has 3 nitrogen and oxygen atoms in total. The number of nitrogens with zero attached hydrogens (tertiary/aromatic N) is 1. The molecule has 0 saturated heterocycles. The molecule has 2 aromatic rings. The van der Waals surface area contributed by atoms with E-state index in [0.29, 0.717) is 10.8 Å². The fraction of sp³-hybridized carbons (Fsp3) is 0.188. The van der Waals surface area contributed by atoms with Crippen molar-refractivity contribution in [2.75, 3.05) is 12.4 Å². The normalized spacial score (nSPS) is 11.8. The van der Waals surface area contributed by atoms with Crippen LogP contribution in [0, 0.1) is 0 Å². The van der Waals surface area contributed by atoms with E-state index < -0.39 is 0 Å². The Bertz CT molecular complexity index is 503. The van der Waals surface area contributed by atoms with E-state index in [-0.39, 0.29) is 12.5 Å². The smallest absolute Gasteiger partial charge is 0.124 e. The molecule has 0 amide bonds. The SMILES string of the molecule is OCCSC(=NO)C(c1ccccc1)c1ccccc1. The molecule has 2 rings (SSSR count). The molecule has 0 radical (unpaired) electrons. The van der Waals surface area contributed by atoms with Crippen molar-refractivity contribution in [3.63, 3.8) is 0 Å². The standard InChI is InChI=1S/C16H17NO2S/c18-11-12-20-16(17-19)15(13-7-3-1-4-8-13)14-9-5-2-6-10-14/h1-10,15,18-19H,11-12H2. The molecule has 0 aliphatic heterocycles. The molecule has 104 valence electrons. The Kier molecular flexibility index (Phi) is 5.65. The van der Waals surface area contributed by atoms with Gasteiger partial charge in [-0.05, 0) is 11.1 Å². The number of hydrogen-bond donors (Lipinski definition) is 2. The zero-order valence-corrected chi connectivity index (χ0v) is 11.8.